The van der Waals surface area contributed by atoms with Crippen molar-refractivity contribution in [1.29, 1.82) is 0 Å². The molecule has 1 amide bonds. The van der Waals surface area contributed by atoms with Crippen LogP contribution in [-0.4, -0.2) is 25.7 Å². The Kier molecular flexibility index (Phi) is 5.35. The van der Waals surface area contributed by atoms with Crippen LogP contribution >= 0.6 is 0 Å². The first-order chi connectivity index (χ1) is 10.5. The van der Waals surface area contributed by atoms with Crippen LogP contribution in [0.25, 0.3) is 0 Å². The van der Waals surface area contributed by atoms with Gasteiger partial charge in [0.1, 0.15) is 5.82 Å². The van der Waals surface area contributed by atoms with E-state index in [0.29, 0.717) is 6.42 Å². The number of hydrogen-bond donors (Lipinski definition) is 2. The van der Waals surface area contributed by atoms with Crippen molar-refractivity contribution in [3.05, 3.63) is 35.2 Å². The lowest BCUT2D eigenvalue weighted by Crippen LogP contribution is -2.29. The van der Waals surface area contributed by atoms with Crippen molar-refractivity contribution in [3.8, 4) is 0 Å². The Morgan fingerprint density at radius 2 is 2.18 bits per heavy atom. The van der Waals surface area contributed by atoms with Crippen molar-refractivity contribution in [3.63, 3.8) is 0 Å². The monoisotopic (exact) mass is 303 g/mol. The highest BCUT2D eigenvalue weighted by Crippen LogP contribution is 2.13. The van der Waals surface area contributed by atoms with Crippen molar-refractivity contribution in [2.75, 3.05) is 0 Å². The van der Waals surface area contributed by atoms with Gasteiger partial charge < -0.3 is 10.3 Å². The summed E-state index contributed by atoms with van der Waals surface area (Å²) in [5.74, 6) is 0.884. The molecule has 6 heteroatoms. The minimum atomic E-state index is -0.0464. The number of nitrogens with one attached hydrogen (secondary N) is 2. The number of imidazole rings is 1. The Morgan fingerprint density at radius 1 is 1.41 bits per heavy atom. The molecule has 0 aliphatic rings. The van der Waals surface area contributed by atoms with Crippen molar-refractivity contribution < 1.29 is 4.79 Å². The van der Waals surface area contributed by atoms with Crippen LogP contribution in [0.4, 0.5) is 0 Å². The summed E-state index contributed by atoms with van der Waals surface area (Å²) in [4.78, 5) is 19.6. The van der Waals surface area contributed by atoms with Crippen LogP contribution in [-0.2, 0) is 11.3 Å². The number of aromatic amines is 1. The maximum absolute atomic E-state index is 12.1. The topological polar surface area (TPSA) is 75.6 Å². The molecular formula is C16H25N5O. The molecule has 0 radical (unpaired) electrons. The molecule has 1 atom stereocenters. The highest BCUT2D eigenvalue weighted by molar-refractivity contribution is 5.76. The van der Waals surface area contributed by atoms with Gasteiger partial charge in [-0.3, -0.25) is 9.48 Å². The predicted molar refractivity (Wildman–Crippen MR) is 85.4 cm³/mol. The van der Waals surface area contributed by atoms with Crippen molar-refractivity contribution >= 4 is 5.91 Å². The summed E-state index contributed by atoms with van der Waals surface area (Å²) in [5.41, 5.74) is 3.16. The van der Waals surface area contributed by atoms with Gasteiger partial charge in [0.25, 0.3) is 0 Å². The third-order valence-electron chi connectivity index (χ3n) is 3.67. The third kappa shape index (κ3) is 4.19. The Morgan fingerprint density at radius 3 is 2.73 bits per heavy atom. The Balaban J connectivity index is 1.80. The number of aryl methyl sites for hydroxylation is 4. The maximum Gasteiger partial charge on any atom is 0.220 e. The summed E-state index contributed by atoms with van der Waals surface area (Å²) in [6.45, 7) is 8.78. The molecule has 0 saturated heterocycles. The maximum atomic E-state index is 12.1. The molecule has 0 spiro atoms. The van der Waals surface area contributed by atoms with Crippen LogP contribution in [0.15, 0.2) is 12.3 Å². The fraction of sp³-hybridized carbons (Fsp3) is 0.562. The van der Waals surface area contributed by atoms with E-state index in [1.54, 1.807) is 6.20 Å². The highest BCUT2D eigenvalue weighted by Gasteiger charge is 2.15. The van der Waals surface area contributed by atoms with E-state index in [4.69, 9.17) is 0 Å². The van der Waals surface area contributed by atoms with Gasteiger partial charge in [-0.25, -0.2) is 4.98 Å². The largest absolute Gasteiger partial charge is 0.346 e. The van der Waals surface area contributed by atoms with E-state index in [-0.39, 0.29) is 11.9 Å². The molecule has 2 aromatic rings. The fourth-order valence-corrected chi connectivity index (χ4v) is 2.53. The molecule has 0 fully saturated rings. The van der Waals surface area contributed by atoms with E-state index in [0.717, 1.165) is 42.3 Å². The van der Waals surface area contributed by atoms with Gasteiger partial charge in [-0.05, 0) is 39.7 Å². The number of aromatic nitrogens is 4. The normalized spacial score (nSPS) is 12.4. The Labute approximate surface area is 131 Å². The zero-order valence-corrected chi connectivity index (χ0v) is 13.8. The molecule has 0 aliphatic carbocycles. The molecule has 22 heavy (non-hydrogen) atoms. The van der Waals surface area contributed by atoms with Gasteiger partial charge in [0.15, 0.2) is 0 Å². The molecule has 2 aromatic heterocycles. The average molecular weight is 303 g/mol. The van der Waals surface area contributed by atoms with Crippen molar-refractivity contribution in [2.45, 2.75) is 59.5 Å². The molecule has 6 nitrogen and oxygen atoms in total. The number of carbonyl (C=O) groups is 1. The lowest BCUT2D eigenvalue weighted by molar-refractivity contribution is -0.122. The van der Waals surface area contributed by atoms with Crippen LogP contribution in [0.1, 0.15) is 55.1 Å². The van der Waals surface area contributed by atoms with Crippen LogP contribution in [0.3, 0.4) is 0 Å². The van der Waals surface area contributed by atoms with Gasteiger partial charge in [-0.2, -0.15) is 5.10 Å². The lowest BCUT2D eigenvalue weighted by atomic mass is 10.2. The van der Waals surface area contributed by atoms with Crippen molar-refractivity contribution in [1.82, 2.24) is 25.1 Å². The van der Waals surface area contributed by atoms with Gasteiger partial charge in [0.2, 0.25) is 5.91 Å². The first-order valence-corrected chi connectivity index (χ1v) is 7.81. The van der Waals surface area contributed by atoms with Crippen LogP contribution in [0.5, 0.6) is 0 Å². The summed E-state index contributed by atoms with van der Waals surface area (Å²) in [5, 5.41) is 7.44. The summed E-state index contributed by atoms with van der Waals surface area (Å²) < 4.78 is 1.95. The molecule has 0 unspecified atom stereocenters. The zero-order chi connectivity index (χ0) is 16.1. The first-order valence-electron chi connectivity index (χ1n) is 7.81. The third-order valence-corrected chi connectivity index (χ3v) is 3.67. The first kappa shape index (κ1) is 16.3. The van der Waals surface area contributed by atoms with Gasteiger partial charge in [0, 0.05) is 30.6 Å². The van der Waals surface area contributed by atoms with Gasteiger partial charge in [-0.15, -0.1) is 0 Å². The van der Waals surface area contributed by atoms with E-state index < -0.39 is 0 Å². The van der Waals surface area contributed by atoms with E-state index in [1.807, 2.05) is 38.4 Å². The van der Waals surface area contributed by atoms with E-state index in [9.17, 15) is 4.79 Å². The van der Waals surface area contributed by atoms with Gasteiger partial charge >= 0.3 is 0 Å². The smallest absolute Gasteiger partial charge is 0.220 e. The fourth-order valence-electron chi connectivity index (χ4n) is 2.53. The molecule has 0 aliphatic heterocycles. The molecule has 0 aromatic carbocycles. The number of carbonyl (C=O) groups excluding carboxylic acids is 1. The minimum absolute atomic E-state index is 0.0464. The molecule has 2 N–H and O–H groups in total. The standard InChI is InChI=1S/C16H25N5O/c1-5-14(16-17-10-12(3)18-16)19-15(22)7-6-8-21-13(4)9-11(2)20-21/h9-10,14H,5-8H2,1-4H3,(H,17,18)(H,19,22)/t14-/m1/s1. The van der Waals surface area contributed by atoms with E-state index >= 15 is 0 Å². The molecule has 2 heterocycles. The lowest BCUT2D eigenvalue weighted by Gasteiger charge is -2.14. The van der Waals surface area contributed by atoms with Crippen LogP contribution in [0.2, 0.25) is 0 Å². The Bertz CT molecular complexity index is 628. The second-order valence-electron chi connectivity index (χ2n) is 5.73. The second kappa shape index (κ2) is 7.24. The molecule has 0 bridgehead atoms. The van der Waals surface area contributed by atoms with Crippen molar-refractivity contribution in [2.24, 2.45) is 0 Å². The van der Waals surface area contributed by atoms with Gasteiger partial charge in [0.05, 0.1) is 11.7 Å². The number of rotatable bonds is 7. The summed E-state index contributed by atoms with van der Waals surface area (Å²) in [6, 6.07) is 2.00. The molecule has 120 valence electrons. The predicted octanol–water partition coefficient (Wildman–Crippen LogP) is 2.58. The highest BCUT2D eigenvalue weighted by atomic mass is 16.1. The molecule has 0 saturated carbocycles. The second-order valence-corrected chi connectivity index (χ2v) is 5.73. The summed E-state index contributed by atoms with van der Waals surface area (Å²) in [7, 11) is 0. The summed E-state index contributed by atoms with van der Waals surface area (Å²) >= 11 is 0. The Hall–Kier alpha value is -2.11. The van der Waals surface area contributed by atoms with E-state index in [1.165, 1.54) is 0 Å². The number of H-pyrrole nitrogens is 1. The zero-order valence-electron chi connectivity index (χ0n) is 13.8. The number of nitrogens with zero attached hydrogens (tertiary/aromatic N) is 3. The molecular weight excluding hydrogens is 278 g/mol. The van der Waals surface area contributed by atoms with Crippen LogP contribution in [0, 0.1) is 20.8 Å². The molecule has 2 rings (SSSR count). The number of hydrogen-bond acceptors (Lipinski definition) is 3. The van der Waals surface area contributed by atoms with Crippen LogP contribution < -0.4 is 5.32 Å². The average Bonchev–Trinajstić information content (AvgIpc) is 3.02. The summed E-state index contributed by atoms with van der Waals surface area (Å²) in [6.07, 6.45) is 3.87. The van der Waals surface area contributed by atoms with Gasteiger partial charge in [-0.1, -0.05) is 6.92 Å². The quantitative estimate of drug-likeness (QED) is 0.825. The number of amides is 1. The minimum Gasteiger partial charge on any atom is -0.346 e. The SMILES string of the molecule is CC[C@@H](NC(=O)CCCn1nc(C)cc1C)c1ncc(C)[nH]1. The van der Waals surface area contributed by atoms with E-state index in [2.05, 4.69) is 20.4 Å².